The summed E-state index contributed by atoms with van der Waals surface area (Å²) in [6, 6.07) is 21.9. The summed E-state index contributed by atoms with van der Waals surface area (Å²) < 4.78 is 11.8. The van der Waals surface area contributed by atoms with E-state index in [0.29, 0.717) is 25.3 Å². The Balaban J connectivity index is 1.53. The molecule has 0 spiro atoms. The van der Waals surface area contributed by atoms with Gasteiger partial charge in [-0.2, -0.15) is 0 Å². The fraction of sp³-hybridized carbons (Fsp3) is 0.269. The van der Waals surface area contributed by atoms with Crippen molar-refractivity contribution in [2.24, 2.45) is 0 Å². The first-order valence-corrected chi connectivity index (χ1v) is 10.5. The van der Waals surface area contributed by atoms with Gasteiger partial charge in [-0.3, -0.25) is 4.79 Å². The number of ether oxygens (including phenoxy) is 2. The Hall–Kier alpha value is -3.27. The standard InChI is InChI=1S/C26H27NO3/c1-3-29-25-12-11-21(16-23(25)18-30-24-10-6-7-19(2)15-24)26(28)27-14-13-20-8-4-5-9-22(20)17-27/h4-12,15-16H,3,13-14,17-18H2,1-2H3. The average Bonchev–Trinajstić information content (AvgIpc) is 2.78. The fourth-order valence-electron chi connectivity index (χ4n) is 3.84. The quantitative estimate of drug-likeness (QED) is 0.572. The molecule has 3 aromatic carbocycles. The Morgan fingerprint density at radius 1 is 0.967 bits per heavy atom. The number of benzene rings is 3. The Morgan fingerprint density at radius 3 is 2.60 bits per heavy atom. The number of carbonyl (C=O) groups is 1. The van der Waals surface area contributed by atoms with Crippen LogP contribution in [0.1, 0.15) is 39.5 Å². The molecule has 1 heterocycles. The number of nitrogens with zero attached hydrogens (tertiary/aromatic N) is 1. The molecule has 0 aromatic heterocycles. The lowest BCUT2D eigenvalue weighted by Gasteiger charge is -2.29. The van der Waals surface area contributed by atoms with E-state index in [9.17, 15) is 4.79 Å². The summed E-state index contributed by atoms with van der Waals surface area (Å²) in [6.07, 6.45) is 0.891. The van der Waals surface area contributed by atoms with Gasteiger partial charge in [-0.05, 0) is 67.3 Å². The Bertz CT molecular complexity index is 1040. The van der Waals surface area contributed by atoms with Crippen molar-refractivity contribution in [2.75, 3.05) is 13.2 Å². The van der Waals surface area contributed by atoms with Gasteiger partial charge in [0.25, 0.3) is 5.91 Å². The predicted molar refractivity (Wildman–Crippen MR) is 118 cm³/mol. The summed E-state index contributed by atoms with van der Waals surface area (Å²) in [7, 11) is 0. The molecule has 0 bridgehead atoms. The molecule has 0 aliphatic carbocycles. The second kappa shape index (κ2) is 9.04. The zero-order valence-electron chi connectivity index (χ0n) is 17.6. The van der Waals surface area contributed by atoms with Gasteiger partial charge in [0.15, 0.2) is 0 Å². The molecule has 1 amide bonds. The molecule has 3 aromatic rings. The van der Waals surface area contributed by atoms with E-state index in [1.165, 1.54) is 11.1 Å². The zero-order chi connectivity index (χ0) is 20.9. The third-order valence-corrected chi connectivity index (χ3v) is 5.41. The molecule has 0 unspecified atom stereocenters. The van der Waals surface area contributed by atoms with Crippen LogP contribution < -0.4 is 9.47 Å². The van der Waals surface area contributed by atoms with Crippen molar-refractivity contribution in [2.45, 2.75) is 33.4 Å². The monoisotopic (exact) mass is 401 g/mol. The molecule has 154 valence electrons. The predicted octanol–water partition coefficient (Wildman–Crippen LogP) is 5.17. The third-order valence-electron chi connectivity index (χ3n) is 5.41. The molecule has 1 aliphatic rings. The van der Waals surface area contributed by atoms with Gasteiger partial charge < -0.3 is 14.4 Å². The van der Waals surface area contributed by atoms with Gasteiger partial charge >= 0.3 is 0 Å². The van der Waals surface area contributed by atoms with E-state index in [-0.39, 0.29) is 5.91 Å². The van der Waals surface area contributed by atoms with Crippen LogP contribution in [0.5, 0.6) is 11.5 Å². The number of fused-ring (bicyclic) bond motifs is 1. The van der Waals surface area contributed by atoms with Crippen molar-refractivity contribution in [1.82, 2.24) is 4.90 Å². The lowest BCUT2D eigenvalue weighted by molar-refractivity contribution is 0.0734. The van der Waals surface area contributed by atoms with E-state index in [4.69, 9.17) is 9.47 Å². The van der Waals surface area contributed by atoms with Crippen LogP contribution >= 0.6 is 0 Å². The van der Waals surface area contributed by atoms with E-state index in [0.717, 1.165) is 35.6 Å². The fourth-order valence-corrected chi connectivity index (χ4v) is 3.84. The van der Waals surface area contributed by atoms with Gasteiger partial charge in [-0.25, -0.2) is 0 Å². The SMILES string of the molecule is CCOc1ccc(C(=O)N2CCc3ccccc3C2)cc1COc1cccc(C)c1. The number of hydrogen-bond donors (Lipinski definition) is 0. The van der Waals surface area contributed by atoms with Gasteiger partial charge in [0.1, 0.15) is 18.1 Å². The highest BCUT2D eigenvalue weighted by Crippen LogP contribution is 2.25. The Kier molecular flexibility index (Phi) is 6.03. The van der Waals surface area contributed by atoms with Crippen molar-refractivity contribution >= 4 is 5.91 Å². The topological polar surface area (TPSA) is 38.8 Å². The number of hydrogen-bond acceptors (Lipinski definition) is 3. The number of carbonyl (C=O) groups excluding carboxylic acids is 1. The molecule has 0 saturated heterocycles. The van der Waals surface area contributed by atoms with E-state index in [1.54, 1.807) is 0 Å². The summed E-state index contributed by atoms with van der Waals surface area (Å²) in [6.45, 7) is 6.29. The molecule has 1 aliphatic heterocycles. The maximum atomic E-state index is 13.2. The van der Waals surface area contributed by atoms with E-state index >= 15 is 0 Å². The average molecular weight is 402 g/mol. The molecule has 0 radical (unpaired) electrons. The number of aryl methyl sites for hydroxylation is 1. The van der Waals surface area contributed by atoms with Crippen LogP contribution in [0.2, 0.25) is 0 Å². The highest BCUT2D eigenvalue weighted by Gasteiger charge is 2.22. The van der Waals surface area contributed by atoms with Crippen LogP contribution in [-0.2, 0) is 19.6 Å². The normalized spacial score (nSPS) is 12.9. The smallest absolute Gasteiger partial charge is 0.254 e. The first kappa shape index (κ1) is 20.0. The minimum absolute atomic E-state index is 0.0457. The van der Waals surface area contributed by atoms with Crippen LogP contribution in [-0.4, -0.2) is 24.0 Å². The summed E-state index contributed by atoms with van der Waals surface area (Å²) in [4.78, 5) is 15.1. The van der Waals surface area contributed by atoms with Gasteiger partial charge in [0, 0.05) is 24.2 Å². The van der Waals surface area contributed by atoms with Crippen molar-refractivity contribution in [3.63, 3.8) is 0 Å². The van der Waals surface area contributed by atoms with Gasteiger partial charge in [-0.15, -0.1) is 0 Å². The highest BCUT2D eigenvalue weighted by atomic mass is 16.5. The van der Waals surface area contributed by atoms with Crippen molar-refractivity contribution in [3.8, 4) is 11.5 Å². The van der Waals surface area contributed by atoms with Crippen molar-refractivity contribution in [3.05, 3.63) is 94.5 Å². The van der Waals surface area contributed by atoms with Gasteiger partial charge in [0.05, 0.1) is 6.61 Å². The molecule has 0 saturated carbocycles. The molecule has 4 nitrogen and oxygen atoms in total. The lowest BCUT2D eigenvalue weighted by Crippen LogP contribution is -2.36. The maximum Gasteiger partial charge on any atom is 0.254 e. The molecule has 0 N–H and O–H groups in total. The molecular weight excluding hydrogens is 374 g/mol. The Labute approximate surface area is 178 Å². The summed E-state index contributed by atoms with van der Waals surface area (Å²) in [5.41, 5.74) is 5.25. The van der Waals surface area contributed by atoms with Gasteiger partial charge in [-0.1, -0.05) is 36.4 Å². The molecule has 4 rings (SSSR count). The van der Waals surface area contributed by atoms with Crippen LogP contribution in [0, 0.1) is 6.92 Å². The van der Waals surface area contributed by atoms with E-state index < -0.39 is 0 Å². The van der Waals surface area contributed by atoms with Crippen molar-refractivity contribution < 1.29 is 14.3 Å². The first-order chi connectivity index (χ1) is 14.6. The second-order valence-electron chi connectivity index (χ2n) is 7.61. The molecular formula is C26H27NO3. The third kappa shape index (κ3) is 4.48. The van der Waals surface area contributed by atoms with Crippen LogP contribution in [0.25, 0.3) is 0 Å². The van der Waals surface area contributed by atoms with Gasteiger partial charge in [0.2, 0.25) is 0 Å². The first-order valence-electron chi connectivity index (χ1n) is 10.5. The second-order valence-corrected chi connectivity index (χ2v) is 7.61. The van der Waals surface area contributed by atoms with E-state index in [2.05, 4.69) is 18.2 Å². The maximum absolute atomic E-state index is 13.2. The van der Waals surface area contributed by atoms with Crippen LogP contribution in [0.4, 0.5) is 0 Å². The summed E-state index contributed by atoms with van der Waals surface area (Å²) in [5.74, 6) is 1.61. The van der Waals surface area contributed by atoms with Crippen LogP contribution in [0.15, 0.2) is 66.7 Å². The molecule has 0 fully saturated rings. The van der Waals surface area contributed by atoms with Crippen molar-refractivity contribution in [1.29, 1.82) is 0 Å². The zero-order valence-corrected chi connectivity index (χ0v) is 17.6. The largest absolute Gasteiger partial charge is 0.493 e. The number of amides is 1. The highest BCUT2D eigenvalue weighted by molar-refractivity contribution is 5.94. The molecule has 4 heteroatoms. The molecule has 0 atom stereocenters. The lowest BCUT2D eigenvalue weighted by atomic mass is 9.99. The van der Waals surface area contributed by atoms with E-state index in [1.807, 2.05) is 67.3 Å². The summed E-state index contributed by atoms with van der Waals surface area (Å²) in [5, 5.41) is 0. The minimum Gasteiger partial charge on any atom is -0.493 e. The Morgan fingerprint density at radius 2 is 1.80 bits per heavy atom. The van der Waals surface area contributed by atoms with Crippen LogP contribution in [0.3, 0.4) is 0 Å². The number of rotatable bonds is 6. The molecule has 30 heavy (non-hydrogen) atoms. The summed E-state index contributed by atoms with van der Waals surface area (Å²) >= 11 is 0. The minimum atomic E-state index is 0.0457.